The van der Waals surface area contributed by atoms with Gasteiger partial charge in [-0.15, -0.1) is 0 Å². The lowest BCUT2D eigenvalue weighted by Gasteiger charge is -2.18. The Kier molecular flexibility index (Phi) is 4.07. The van der Waals surface area contributed by atoms with Gasteiger partial charge in [0.2, 0.25) is 11.8 Å². The third-order valence-electron chi connectivity index (χ3n) is 5.22. The highest BCUT2D eigenvalue weighted by atomic mass is 16.3. The van der Waals surface area contributed by atoms with Gasteiger partial charge in [0.15, 0.2) is 0 Å². The minimum atomic E-state index is -0.321. The zero-order valence-corrected chi connectivity index (χ0v) is 14.3. The van der Waals surface area contributed by atoms with Crippen LogP contribution in [0.25, 0.3) is 0 Å². The average Bonchev–Trinajstić information content (AvgIpc) is 3.34. The van der Waals surface area contributed by atoms with Crippen LogP contribution in [-0.2, 0) is 22.4 Å². The first-order valence-electron chi connectivity index (χ1n) is 8.88. The van der Waals surface area contributed by atoms with Gasteiger partial charge in [0, 0.05) is 18.7 Å². The number of fused-ring (bicyclic) bond motifs is 1. The fourth-order valence-corrected chi connectivity index (χ4v) is 3.80. The van der Waals surface area contributed by atoms with E-state index in [1.807, 2.05) is 19.1 Å². The van der Waals surface area contributed by atoms with Crippen LogP contribution in [0.2, 0.25) is 0 Å². The lowest BCUT2D eigenvalue weighted by molar-refractivity contribution is -0.127. The molecule has 1 saturated heterocycles. The maximum Gasteiger partial charge on any atom is 0.227 e. The van der Waals surface area contributed by atoms with Crippen LogP contribution in [0, 0.1) is 5.92 Å². The second kappa shape index (κ2) is 6.39. The summed E-state index contributed by atoms with van der Waals surface area (Å²) in [5.74, 6) is 0.316. The van der Waals surface area contributed by atoms with Crippen molar-refractivity contribution in [3.8, 4) is 0 Å². The molecule has 2 aliphatic rings. The fourth-order valence-electron chi connectivity index (χ4n) is 3.80. The number of hydrogen-bond acceptors (Lipinski definition) is 3. The third kappa shape index (κ3) is 3.06. The van der Waals surface area contributed by atoms with Crippen LogP contribution in [0.5, 0.6) is 0 Å². The molecule has 0 bridgehead atoms. The molecule has 2 atom stereocenters. The number of rotatable bonds is 4. The Morgan fingerprint density at radius 3 is 2.92 bits per heavy atom. The number of furan rings is 1. The molecule has 1 N–H and O–H groups in total. The summed E-state index contributed by atoms with van der Waals surface area (Å²) in [6.45, 7) is 2.32. The molecule has 0 spiro atoms. The van der Waals surface area contributed by atoms with Gasteiger partial charge >= 0.3 is 0 Å². The van der Waals surface area contributed by atoms with Gasteiger partial charge < -0.3 is 14.6 Å². The largest absolute Gasteiger partial charge is 0.467 e. The third-order valence-corrected chi connectivity index (χ3v) is 5.22. The molecule has 1 aromatic heterocycles. The van der Waals surface area contributed by atoms with Crippen molar-refractivity contribution in [1.82, 2.24) is 5.32 Å². The van der Waals surface area contributed by atoms with E-state index in [-0.39, 0.29) is 30.2 Å². The van der Waals surface area contributed by atoms with E-state index < -0.39 is 0 Å². The molecule has 1 fully saturated rings. The van der Waals surface area contributed by atoms with Crippen molar-refractivity contribution in [3.63, 3.8) is 0 Å². The quantitative estimate of drug-likeness (QED) is 0.932. The predicted octanol–water partition coefficient (Wildman–Crippen LogP) is 3.00. The van der Waals surface area contributed by atoms with Crippen LogP contribution < -0.4 is 10.2 Å². The summed E-state index contributed by atoms with van der Waals surface area (Å²) < 4.78 is 5.32. The molecule has 25 heavy (non-hydrogen) atoms. The zero-order valence-electron chi connectivity index (χ0n) is 14.3. The molecule has 2 heterocycles. The molecular formula is C20H22N2O3. The first-order chi connectivity index (χ1) is 12.1. The van der Waals surface area contributed by atoms with Gasteiger partial charge in [0.1, 0.15) is 5.76 Å². The van der Waals surface area contributed by atoms with Crippen LogP contribution in [-0.4, -0.2) is 18.4 Å². The first-order valence-corrected chi connectivity index (χ1v) is 8.88. The van der Waals surface area contributed by atoms with Gasteiger partial charge in [-0.1, -0.05) is 6.07 Å². The molecular weight excluding hydrogens is 316 g/mol. The van der Waals surface area contributed by atoms with Crippen molar-refractivity contribution >= 4 is 17.5 Å². The van der Waals surface area contributed by atoms with E-state index in [0.29, 0.717) is 12.3 Å². The van der Waals surface area contributed by atoms with E-state index >= 15 is 0 Å². The van der Waals surface area contributed by atoms with Gasteiger partial charge in [0.05, 0.1) is 18.2 Å². The Bertz CT molecular complexity index is 797. The number of benzene rings is 1. The monoisotopic (exact) mass is 338 g/mol. The highest BCUT2D eigenvalue weighted by molar-refractivity contribution is 6.00. The minimum Gasteiger partial charge on any atom is -0.467 e. The van der Waals surface area contributed by atoms with Gasteiger partial charge in [-0.2, -0.15) is 0 Å². The van der Waals surface area contributed by atoms with Crippen molar-refractivity contribution in [1.29, 1.82) is 0 Å². The van der Waals surface area contributed by atoms with Crippen LogP contribution in [0.15, 0.2) is 41.0 Å². The highest BCUT2D eigenvalue weighted by Crippen LogP contribution is 2.30. The Hall–Kier alpha value is -2.56. The molecule has 1 aliphatic heterocycles. The summed E-state index contributed by atoms with van der Waals surface area (Å²) in [6, 6.07) is 9.68. The predicted molar refractivity (Wildman–Crippen MR) is 94.2 cm³/mol. The lowest BCUT2D eigenvalue weighted by atomic mass is 10.1. The number of amides is 2. The van der Waals surface area contributed by atoms with Gasteiger partial charge in [-0.3, -0.25) is 9.59 Å². The second-order valence-corrected chi connectivity index (χ2v) is 6.96. The van der Waals surface area contributed by atoms with Crippen LogP contribution in [0.3, 0.4) is 0 Å². The standard InChI is InChI=1S/C20H22N2O3/c1-13(18-6-3-9-25-18)21-20(24)16-11-19(23)22(12-16)17-8-7-14-4-2-5-15(14)10-17/h3,6-10,13,16H,2,4-5,11-12H2,1H3,(H,21,24). The molecule has 1 aromatic carbocycles. The average molecular weight is 338 g/mol. The van der Waals surface area contributed by atoms with Crippen molar-refractivity contribution in [2.75, 3.05) is 11.4 Å². The maximum atomic E-state index is 12.5. The molecule has 2 unspecified atom stereocenters. The van der Waals surface area contributed by atoms with Gasteiger partial charge in [0.25, 0.3) is 0 Å². The molecule has 2 aromatic rings. The van der Waals surface area contributed by atoms with Crippen molar-refractivity contribution in [3.05, 3.63) is 53.5 Å². The molecule has 1 aliphatic carbocycles. The topological polar surface area (TPSA) is 62.6 Å². The summed E-state index contributed by atoms with van der Waals surface area (Å²) >= 11 is 0. The van der Waals surface area contributed by atoms with E-state index in [1.54, 1.807) is 17.2 Å². The van der Waals surface area contributed by atoms with E-state index in [9.17, 15) is 9.59 Å². The smallest absolute Gasteiger partial charge is 0.227 e. The summed E-state index contributed by atoms with van der Waals surface area (Å²) in [7, 11) is 0. The number of carbonyl (C=O) groups excluding carboxylic acids is 2. The molecule has 0 radical (unpaired) electrons. The molecule has 5 heteroatoms. The Balaban J connectivity index is 1.44. The van der Waals surface area contributed by atoms with Crippen LogP contribution >= 0.6 is 0 Å². The summed E-state index contributed by atoms with van der Waals surface area (Å²) in [5, 5.41) is 2.95. The van der Waals surface area contributed by atoms with E-state index in [1.165, 1.54) is 17.5 Å². The maximum absolute atomic E-state index is 12.5. The Labute approximate surface area is 147 Å². The van der Waals surface area contributed by atoms with Gasteiger partial charge in [-0.05, 0) is 61.6 Å². The number of carbonyl (C=O) groups is 2. The summed E-state index contributed by atoms with van der Waals surface area (Å²) in [4.78, 5) is 26.7. The molecule has 4 rings (SSSR count). The number of aryl methyl sites for hydroxylation is 2. The van der Waals surface area contributed by atoms with Crippen molar-refractivity contribution < 1.29 is 14.0 Å². The summed E-state index contributed by atoms with van der Waals surface area (Å²) in [6.07, 6.45) is 5.23. The summed E-state index contributed by atoms with van der Waals surface area (Å²) in [5.41, 5.74) is 3.64. The van der Waals surface area contributed by atoms with E-state index in [2.05, 4.69) is 17.4 Å². The zero-order chi connectivity index (χ0) is 17.4. The highest BCUT2D eigenvalue weighted by Gasteiger charge is 2.36. The Morgan fingerprint density at radius 2 is 2.12 bits per heavy atom. The number of hydrogen-bond donors (Lipinski definition) is 1. The second-order valence-electron chi connectivity index (χ2n) is 6.96. The molecule has 130 valence electrons. The first kappa shape index (κ1) is 15.9. The normalized spacial score (nSPS) is 20.6. The number of nitrogens with zero attached hydrogens (tertiary/aromatic N) is 1. The SMILES string of the molecule is CC(NC(=O)C1CC(=O)N(c2ccc3c(c2)CCC3)C1)c1ccco1. The van der Waals surface area contributed by atoms with Crippen LogP contribution in [0.1, 0.15) is 42.7 Å². The van der Waals surface area contributed by atoms with Crippen LogP contribution in [0.4, 0.5) is 5.69 Å². The minimum absolute atomic E-state index is 0.0174. The van der Waals surface area contributed by atoms with E-state index in [0.717, 1.165) is 18.5 Å². The van der Waals surface area contributed by atoms with Gasteiger partial charge in [-0.25, -0.2) is 0 Å². The van der Waals surface area contributed by atoms with Crippen molar-refractivity contribution in [2.45, 2.75) is 38.6 Å². The number of nitrogens with one attached hydrogen (secondary N) is 1. The lowest BCUT2D eigenvalue weighted by Crippen LogP contribution is -2.34. The Morgan fingerprint density at radius 1 is 1.28 bits per heavy atom. The molecule has 5 nitrogen and oxygen atoms in total. The van der Waals surface area contributed by atoms with Crippen molar-refractivity contribution in [2.24, 2.45) is 5.92 Å². The molecule has 2 amide bonds. The fraction of sp³-hybridized carbons (Fsp3) is 0.400. The van der Waals surface area contributed by atoms with E-state index in [4.69, 9.17) is 4.42 Å². The number of anilines is 1. The molecule has 0 saturated carbocycles.